The predicted molar refractivity (Wildman–Crippen MR) is 107 cm³/mol. The molecule has 7 nitrogen and oxygen atoms in total. The number of phenols is 1. The summed E-state index contributed by atoms with van der Waals surface area (Å²) in [6.07, 6.45) is 1.45. The molecular formula is C21H18FN5O2. The van der Waals surface area contributed by atoms with E-state index in [4.69, 9.17) is 4.74 Å². The van der Waals surface area contributed by atoms with Gasteiger partial charge in [0.05, 0.1) is 25.0 Å². The number of anilines is 1. The second-order valence-electron chi connectivity index (χ2n) is 6.48. The Hall–Kier alpha value is -3.81. The first-order chi connectivity index (χ1) is 14.0. The maximum Gasteiger partial charge on any atom is 0.145 e. The molecule has 0 radical (unpaired) electrons. The number of benzene rings is 2. The van der Waals surface area contributed by atoms with Gasteiger partial charge in [0, 0.05) is 17.0 Å². The van der Waals surface area contributed by atoms with E-state index in [9.17, 15) is 9.50 Å². The topological polar surface area (TPSA) is 93.1 Å². The largest absolute Gasteiger partial charge is 0.507 e. The van der Waals surface area contributed by atoms with E-state index < -0.39 is 5.82 Å². The van der Waals surface area contributed by atoms with Crippen molar-refractivity contribution in [2.45, 2.75) is 13.5 Å². The van der Waals surface area contributed by atoms with Gasteiger partial charge >= 0.3 is 0 Å². The molecule has 0 aliphatic heterocycles. The molecule has 0 atom stereocenters. The van der Waals surface area contributed by atoms with E-state index in [1.54, 1.807) is 13.2 Å². The lowest BCUT2D eigenvalue weighted by molar-refractivity contribution is 0.419. The summed E-state index contributed by atoms with van der Waals surface area (Å²) in [6, 6.07) is 11.2. The summed E-state index contributed by atoms with van der Waals surface area (Å²) in [7, 11) is 1.54. The normalized spacial score (nSPS) is 10.9. The Morgan fingerprint density at radius 3 is 2.66 bits per heavy atom. The maximum atomic E-state index is 13.4. The van der Waals surface area contributed by atoms with Crippen LogP contribution in [0.15, 0.2) is 48.8 Å². The fourth-order valence-electron chi connectivity index (χ4n) is 3.03. The Labute approximate surface area is 166 Å². The van der Waals surface area contributed by atoms with Crippen LogP contribution in [0.4, 0.5) is 10.2 Å². The van der Waals surface area contributed by atoms with E-state index in [1.807, 2.05) is 25.1 Å². The minimum Gasteiger partial charge on any atom is -0.507 e. The minimum absolute atomic E-state index is 0.160. The van der Waals surface area contributed by atoms with Crippen LogP contribution in [-0.2, 0) is 6.54 Å². The van der Waals surface area contributed by atoms with Gasteiger partial charge in [-0.05, 0) is 48.9 Å². The number of rotatable bonds is 5. The van der Waals surface area contributed by atoms with Crippen LogP contribution in [0.25, 0.3) is 22.0 Å². The number of nitrogens with one attached hydrogen (secondary N) is 1. The van der Waals surface area contributed by atoms with Crippen LogP contribution in [0.2, 0.25) is 0 Å². The number of hydrogen-bond donors (Lipinski definition) is 2. The number of halogens is 1. The second-order valence-corrected chi connectivity index (χ2v) is 6.48. The summed E-state index contributed by atoms with van der Waals surface area (Å²) in [5, 5.41) is 22.3. The number of phenolic OH excluding ortho intramolecular Hbond substituents is 1. The molecule has 0 aliphatic carbocycles. The Balaban J connectivity index is 1.78. The van der Waals surface area contributed by atoms with Crippen LogP contribution in [0.5, 0.6) is 11.5 Å². The SMILES string of the molecule is COc1cc(-c2ccc(F)cc2O)cc2c(NCc3ccc(C)nn3)ncnc12. The van der Waals surface area contributed by atoms with Gasteiger partial charge in [0.15, 0.2) is 0 Å². The molecule has 0 spiro atoms. The number of methoxy groups -OCH3 is 1. The van der Waals surface area contributed by atoms with Crippen molar-refractivity contribution in [1.82, 2.24) is 20.2 Å². The second kappa shape index (κ2) is 7.67. The summed E-state index contributed by atoms with van der Waals surface area (Å²) >= 11 is 0. The number of aromatic nitrogens is 4. The van der Waals surface area contributed by atoms with Crippen molar-refractivity contribution < 1.29 is 14.2 Å². The van der Waals surface area contributed by atoms with Gasteiger partial charge in [0.1, 0.15) is 35.0 Å². The van der Waals surface area contributed by atoms with Crippen LogP contribution < -0.4 is 10.1 Å². The number of nitrogens with zero attached hydrogens (tertiary/aromatic N) is 4. The van der Waals surface area contributed by atoms with Gasteiger partial charge in [-0.1, -0.05) is 0 Å². The molecule has 146 valence electrons. The van der Waals surface area contributed by atoms with Gasteiger partial charge in [-0.2, -0.15) is 10.2 Å². The zero-order chi connectivity index (χ0) is 20.4. The van der Waals surface area contributed by atoms with Crippen LogP contribution in [0.1, 0.15) is 11.4 Å². The summed E-state index contributed by atoms with van der Waals surface area (Å²) in [5.74, 6) is 0.428. The maximum absolute atomic E-state index is 13.4. The van der Waals surface area contributed by atoms with Crippen molar-refractivity contribution in [2.24, 2.45) is 0 Å². The fraction of sp³-hybridized carbons (Fsp3) is 0.143. The molecule has 0 fully saturated rings. The number of ether oxygens (including phenoxy) is 1. The van der Waals surface area contributed by atoms with Gasteiger partial charge in [-0.15, -0.1) is 0 Å². The molecule has 2 heterocycles. The van der Waals surface area contributed by atoms with Crippen molar-refractivity contribution in [3.05, 3.63) is 66.0 Å². The van der Waals surface area contributed by atoms with Crippen molar-refractivity contribution in [1.29, 1.82) is 0 Å². The molecule has 4 rings (SSSR count). The molecule has 0 bridgehead atoms. The Morgan fingerprint density at radius 1 is 1.07 bits per heavy atom. The fourth-order valence-corrected chi connectivity index (χ4v) is 3.03. The quantitative estimate of drug-likeness (QED) is 0.534. The highest BCUT2D eigenvalue weighted by Gasteiger charge is 2.14. The highest BCUT2D eigenvalue weighted by atomic mass is 19.1. The number of hydrogen-bond acceptors (Lipinski definition) is 7. The molecular weight excluding hydrogens is 373 g/mol. The lowest BCUT2D eigenvalue weighted by Crippen LogP contribution is -2.05. The number of aromatic hydroxyl groups is 1. The van der Waals surface area contributed by atoms with Gasteiger partial charge in [0.2, 0.25) is 0 Å². The van der Waals surface area contributed by atoms with Crippen LogP contribution in [0.3, 0.4) is 0 Å². The van der Waals surface area contributed by atoms with Crippen LogP contribution >= 0.6 is 0 Å². The monoisotopic (exact) mass is 391 g/mol. The number of aryl methyl sites for hydroxylation is 1. The third-order valence-corrected chi connectivity index (χ3v) is 4.48. The molecule has 2 N–H and O–H groups in total. The van der Waals surface area contributed by atoms with Gasteiger partial charge in [-0.25, -0.2) is 14.4 Å². The van der Waals surface area contributed by atoms with E-state index in [1.165, 1.54) is 18.5 Å². The van der Waals surface area contributed by atoms with E-state index >= 15 is 0 Å². The molecule has 29 heavy (non-hydrogen) atoms. The zero-order valence-electron chi connectivity index (χ0n) is 15.8. The summed E-state index contributed by atoms with van der Waals surface area (Å²) in [6.45, 7) is 2.30. The van der Waals surface area contributed by atoms with Gasteiger partial charge in [0.25, 0.3) is 0 Å². The van der Waals surface area contributed by atoms with E-state index in [0.717, 1.165) is 17.5 Å². The molecule has 0 aliphatic rings. The molecule has 8 heteroatoms. The third-order valence-electron chi connectivity index (χ3n) is 4.48. The van der Waals surface area contributed by atoms with Gasteiger partial charge in [-0.3, -0.25) is 0 Å². The average molecular weight is 391 g/mol. The smallest absolute Gasteiger partial charge is 0.145 e. The van der Waals surface area contributed by atoms with Crippen molar-refractivity contribution in [3.8, 4) is 22.6 Å². The Morgan fingerprint density at radius 2 is 1.93 bits per heavy atom. The van der Waals surface area contributed by atoms with Crippen molar-refractivity contribution in [2.75, 3.05) is 12.4 Å². The minimum atomic E-state index is -0.510. The lowest BCUT2D eigenvalue weighted by atomic mass is 10.0. The Kier molecular flexibility index (Phi) is 4.90. The molecule has 0 saturated heterocycles. The van der Waals surface area contributed by atoms with Crippen molar-refractivity contribution >= 4 is 16.7 Å². The Bertz CT molecular complexity index is 1180. The first kappa shape index (κ1) is 18.5. The molecule has 0 unspecified atom stereocenters. The van der Waals surface area contributed by atoms with E-state index in [0.29, 0.717) is 40.1 Å². The van der Waals surface area contributed by atoms with Crippen molar-refractivity contribution in [3.63, 3.8) is 0 Å². The van der Waals surface area contributed by atoms with E-state index in [-0.39, 0.29) is 5.75 Å². The summed E-state index contributed by atoms with van der Waals surface area (Å²) in [4.78, 5) is 8.66. The number of fused-ring (bicyclic) bond motifs is 1. The standard InChI is InChI=1S/C21H18FN5O2/c1-12-3-5-15(27-26-12)10-23-21-17-7-13(16-6-4-14(22)9-18(16)28)8-19(29-2)20(17)24-11-25-21/h3-9,11,28H,10H2,1-2H3,(H,23,24,25). The summed E-state index contributed by atoms with van der Waals surface area (Å²) in [5.41, 5.74) is 3.35. The zero-order valence-corrected chi connectivity index (χ0v) is 15.8. The predicted octanol–water partition coefficient (Wildman–Crippen LogP) is 3.86. The average Bonchev–Trinajstić information content (AvgIpc) is 2.72. The first-order valence-corrected chi connectivity index (χ1v) is 8.90. The summed E-state index contributed by atoms with van der Waals surface area (Å²) < 4.78 is 18.9. The van der Waals surface area contributed by atoms with Gasteiger partial charge < -0.3 is 15.2 Å². The molecule has 4 aromatic rings. The lowest BCUT2D eigenvalue weighted by Gasteiger charge is -2.13. The molecule has 2 aromatic heterocycles. The molecule has 2 aromatic carbocycles. The van der Waals surface area contributed by atoms with E-state index in [2.05, 4.69) is 25.5 Å². The van der Waals surface area contributed by atoms with Crippen LogP contribution in [0, 0.1) is 12.7 Å². The first-order valence-electron chi connectivity index (χ1n) is 8.90. The van der Waals surface area contributed by atoms with Crippen LogP contribution in [-0.4, -0.2) is 32.4 Å². The highest BCUT2D eigenvalue weighted by molar-refractivity contribution is 5.97. The molecule has 0 amide bonds. The highest BCUT2D eigenvalue weighted by Crippen LogP contribution is 2.37. The molecule has 0 saturated carbocycles. The third kappa shape index (κ3) is 3.77.